The summed E-state index contributed by atoms with van der Waals surface area (Å²) in [5.74, 6) is 1.42. The highest BCUT2D eigenvalue weighted by Gasteiger charge is 2.18. The minimum Gasteiger partial charge on any atom is -0.384 e. The average molecular weight is 292 g/mol. The third-order valence-corrected chi connectivity index (χ3v) is 2.95. The Morgan fingerprint density at radius 1 is 1.48 bits per heavy atom. The van der Waals surface area contributed by atoms with Gasteiger partial charge in [-0.05, 0) is 13.8 Å². The molecule has 21 heavy (non-hydrogen) atoms. The molecule has 0 aromatic carbocycles. The summed E-state index contributed by atoms with van der Waals surface area (Å²) in [6.45, 7) is 7.60. The molecule has 8 nitrogen and oxygen atoms in total. The zero-order valence-electron chi connectivity index (χ0n) is 12.6. The van der Waals surface area contributed by atoms with Gasteiger partial charge in [0.25, 0.3) is 0 Å². The van der Waals surface area contributed by atoms with Crippen molar-refractivity contribution in [1.29, 1.82) is 0 Å². The molecule has 0 bridgehead atoms. The van der Waals surface area contributed by atoms with Crippen molar-refractivity contribution in [2.45, 2.75) is 46.2 Å². The molecule has 3 N–H and O–H groups in total. The molecule has 2 heterocycles. The summed E-state index contributed by atoms with van der Waals surface area (Å²) in [5.41, 5.74) is 6.52. The molecule has 0 spiro atoms. The molecule has 0 unspecified atom stereocenters. The first-order chi connectivity index (χ1) is 9.86. The van der Waals surface area contributed by atoms with Crippen LogP contribution in [0.3, 0.4) is 0 Å². The lowest BCUT2D eigenvalue weighted by Crippen LogP contribution is -2.31. The zero-order valence-corrected chi connectivity index (χ0v) is 12.6. The van der Waals surface area contributed by atoms with Crippen LogP contribution in [0, 0.1) is 6.92 Å². The Morgan fingerprint density at radius 2 is 2.19 bits per heavy atom. The van der Waals surface area contributed by atoms with Crippen molar-refractivity contribution < 1.29 is 9.32 Å². The van der Waals surface area contributed by atoms with Gasteiger partial charge in [0.05, 0.1) is 5.69 Å². The minimum absolute atomic E-state index is 0.0508. The van der Waals surface area contributed by atoms with Gasteiger partial charge < -0.3 is 15.6 Å². The van der Waals surface area contributed by atoms with E-state index >= 15 is 0 Å². The summed E-state index contributed by atoms with van der Waals surface area (Å²) in [5, 5.41) is 10.8. The third kappa shape index (κ3) is 3.59. The summed E-state index contributed by atoms with van der Waals surface area (Å²) in [6, 6.07) is 1.35. The maximum atomic E-state index is 12.0. The van der Waals surface area contributed by atoms with Crippen molar-refractivity contribution in [3.63, 3.8) is 0 Å². The predicted molar refractivity (Wildman–Crippen MR) is 76.3 cm³/mol. The second-order valence-corrected chi connectivity index (χ2v) is 5.30. The van der Waals surface area contributed by atoms with Crippen LogP contribution in [0.25, 0.3) is 0 Å². The molecule has 2 aromatic heterocycles. The monoisotopic (exact) mass is 292 g/mol. The number of carbonyl (C=O) groups excluding carboxylic acids is 1. The lowest BCUT2D eigenvalue weighted by atomic mass is 10.2. The molecule has 0 saturated carbocycles. The van der Waals surface area contributed by atoms with Crippen molar-refractivity contribution in [1.82, 2.24) is 25.2 Å². The Balaban J connectivity index is 1.96. The first-order valence-corrected chi connectivity index (χ1v) is 6.79. The van der Waals surface area contributed by atoms with Gasteiger partial charge in [-0.25, -0.2) is 4.68 Å². The maximum Gasteiger partial charge on any atom is 0.248 e. The predicted octanol–water partition coefficient (Wildman–Crippen LogP) is 1.16. The molecule has 114 valence electrons. The van der Waals surface area contributed by atoms with Gasteiger partial charge >= 0.3 is 0 Å². The van der Waals surface area contributed by atoms with E-state index in [4.69, 9.17) is 10.3 Å². The Kier molecular flexibility index (Phi) is 4.25. The molecule has 0 fully saturated rings. The number of nitrogen functional groups attached to an aromatic ring is 1. The highest BCUT2D eigenvalue weighted by molar-refractivity contribution is 5.76. The van der Waals surface area contributed by atoms with Crippen LogP contribution < -0.4 is 11.1 Å². The number of nitrogens with one attached hydrogen (secondary N) is 1. The van der Waals surface area contributed by atoms with Crippen LogP contribution in [-0.4, -0.2) is 25.8 Å². The van der Waals surface area contributed by atoms with Crippen molar-refractivity contribution in [3.05, 3.63) is 23.5 Å². The summed E-state index contributed by atoms with van der Waals surface area (Å²) in [4.78, 5) is 16.2. The molecular formula is C13H20N6O2. The number of carbonyl (C=O) groups is 1. The molecule has 0 aliphatic carbocycles. The van der Waals surface area contributed by atoms with Gasteiger partial charge in [0.1, 0.15) is 18.4 Å². The average Bonchev–Trinajstić information content (AvgIpc) is 2.97. The molecule has 2 rings (SSSR count). The van der Waals surface area contributed by atoms with Crippen molar-refractivity contribution in [3.8, 4) is 0 Å². The molecule has 1 atom stereocenters. The van der Waals surface area contributed by atoms with Gasteiger partial charge in [-0.3, -0.25) is 4.79 Å². The van der Waals surface area contributed by atoms with Crippen molar-refractivity contribution in [2.75, 3.05) is 5.73 Å². The van der Waals surface area contributed by atoms with Gasteiger partial charge in [0.15, 0.2) is 5.82 Å². The SMILES string of the molecule is Cc1cc(N)n(CC(=O)N[C@H](C)c2nc(C(C)C)no2)n1. The lowest BCUT2D eigenvalue weighted by Gasteiger charge is -2.10. The fourth-order valence-corrected chi connectivity index (χ4v) is 1.83. The topological polar surface area (TPSA) is 112 Å². The number of nitrogens with zero attached hydrogens (tertiary/aromatic N) is 4. The summed E-state index contributed by atoms with van der Waals surface area (Å²) < 4.78 is 6.59. The molecule has 8 heteroatoms. The molecule has 0 saturated heterocycles. The lowest BCUT2D eigenvalue weighted by molar-refractivity contribution is -0.122. The highest BCUT2D eigenvalue weighted by Crippen LogP contribution is 2.15. The Morgan fingerprint density at radius 3 is 2.71 bits per heavy atom. The Hall–Kier alpha value is -2.38. The van der Waals surface area contributed by atoms with Crippen LogP contribution >= 0.6 is 0 Å². The first-order valence-electron chi connectivity index (χ1n) is 6.79. The van der Waals surface area contributed by atoms with Crippen LogP contribution in [0.5, 0.6) is 0 Å². The molecule has 2 aromatic rings. The second kappa shape index (κ2) is 5.94. The van der Waals surface area contributed by atoms with E-state index in [1.165, 1.54) is 4.68 Å². The first kappa shape index (κ1) is 15.0. The van der Waals surface area contributed by atoms with Gasteiger partial charge in [-0.1, -0.05) is 19.0 Å². The Labute approximate surface area is 122 Å². The molecule has 0 aliphatic rings. The number of rotatable bonds is 5. The van der Waals surface area contributed by atoms with E-state index in [1.54, 1.807) is 13.0 Å². The van der Waals surface area contributed by atoms with E-state index in [2.05, 4.69) is 20.6 Å². The Bertz CT molecular complexity index is 630. The summed E-state index contributed by atoms with van der Waals surface area (Å²) >= 11 is 0. The fraction of sp³-hybridized carbons (Fsp3) is 0.538. The van der Waals surface area contributed by atoms with Gasteiger partial charge in [-0.2, -0.15) is 10.1 Å². The van der Waals surface area contributed by atoms with E-state index in [0.717, 1.165) is 5.69 Å². The molecular weight excluding hydrogens is 272 g/mol. The molecule has 0 radical (unpaired) electrons. The summed E-state index contributed by atoms with van der Waals surface area (Å²) in [6.07, 6.45) is 0. The van der Waals surface area contributed by atoms with E-state index in [-0.39, 0.29) is 24.4 Å². The smallest absolute Gasteiger partial charge is 0.248 e. The van der Waals surface area contributed by atoms with Crippen LogP contribution in [0.4, 0.5) is 5.82 Å². The van der Waals surface area contributed by atoms with Gasteiger partial charge in [0, 0.05) is 12.0 Å². The number of anilines is 1. The van der Waals surface area contributed by atoms with Gasteiger partial charge in [-0.15, -0.1) is 0 Å². The highest BCUT2D eigenvalue weighted by atomic mass is 16.5. The standard InChI is InChI=1S/C13H20N6O2/c1-7(2)12-16-13(21-18-12)9(4)15-11(20)6-19-10(14)5-8(3)17-19/h5,7,9H,6,14H2,1-4H3,(H,15,20)/t9-/m1/s1. The number of hydrogen-bond acceptors (Lipinski definition) is 6. The molecule has 1 amide bonds. The normalized spacial score (nSPS) is 12.6. The minimum atomic E-state index is -0.365. The molecule has 0 aliphatic heterocycles. The largest absolute Gasteiger partial charge is 0.384 e. The van der Waals surface area contributed by atoms with Crippen molar-refractivity contribution in [2.24, 2.45) is 0 Å². The van der Waals surface area contributed by atoms with Crippen LogP contribution in [0.1, 0.15) is 50.1 Å². The zero-order chi connectivity index (χ0) is 15.6. The van der Waals surface area contributed by atoms with E-state index < -0.39 is 0 Å². The van der Waals surface area contributed by atoms with Crippen LogP contribution in [0.2, 0.25) is 0 Å². The van der Waals surface area contributed by atoms with Crippen molar-refractivity contribution >= 4 is 11.7 Å². The summed E-state index contributed by atoms with van der Waals surface area (Å²) in [7, 11) is 0. The quantitative estimate of drug-likeness (QED) is 0.855. The third-order valence-electron chi connectivity index (χ3n) is 2.95. The fourth-order valence-electron chi connectivity index (χ4n) is 1.83. The van der Waals surface area contributed by atoms with Gasteiger partial charge in [0.2, 0.25) is 11.8 Å². The van der Waals surface area contributed by atoms with Crippen LogP contribution in [0.15, 0.2) is 10.6 Å². The van der Waals surface area contributed by atoms with E-state index in [1.807, 2.05) is 20.8 Å². The number of aryl methyl sites for hydroxylation is 1. The number of hydrogen-bond donors (Lipinski definition) is 2. The van der Waals surface area contributed by atoms with E-state index in [9.17, 15) is 4.79 Å². The number of amides is 1. The number of aromatic nitrogens is 4. The number of nitrogens with two attached hydrogens (primary N) is 1. The van der Waals surface area contributed by atoms with Crippen LogP contribution in [-0.2, 0) is 11.3 Å². The maximum absolute atomic E-state index is 12.0. The van der Waals surface area contributed by atoms with E-state index in [0.29, 0.717) is 17.5 Å². The second-order valence-electron chi connectivity index (χ2n) is 5.30.